The molecular formula is C20H19N3O2. The Kier molecular flexibility index (Phi) is 3.98. The maximum Gasteiger partial charge on any atom is 0.272 e. The number of nitrogens with zero attached hydrogens (tertiary/aromatic N) is 2. The average Bonchev–Trinajstić information content (AvgIpc) is 3.32. The van der Waals surface area contributed by atoms with E-state index in [2.05, 4.69) is 9.97 Å². The van der Waals surface area contributed by atoms with Gasteiger partial charge < -0.3 is 15.0 Å². The fourth-order valence-electron chi connectivity index (χ4n) is 3.21. The van der Waals surface area contributed by atoms with E-state index in [1.165, 1.54) is 0 Å². The van der Waals surface area contributed by atoms with Gasteiger partial charge in [0, 0.05) is 24.2 Å². The van der Waals surface area contributed by atoms with Crippen LogP contribution in [0, 0.1) is 0 Å². The van der Waals surface area contributed by atoms with E-state index in [9.17, 15) is 9.90 Å². The van der Waals surface area contributed by atoms with Gasteiger partial charge >= 0.3 is 0 Å². The van der Waals surface area contributed by atoms with Gasteiger partial charge in [-0.3, -0.25) is 4.79 Å². The number of rotatable bonds is 3. The first kappa shape index (κ1) is 15.4. The number of nitrogens with one attached hydrogen (secondary N) is 1. The molecule has 5 heteroatoms. The molecule has 1 saturated heterocycles. The molecule has 0 unspecified atom stereocenters. The number of para-hydroxylation sites is 1. The summed E-state index contributed by atoms with van der Waals surface area (Å²) in [6.07, 6.45) is 2.05. The Balaban J connectivity index is 1.84. The molecule has 1 aromatic heterocycles. The molecular weight excluding hydrogens is 314 g/mol. The third-order valence-corrected chi connectivity index (χ3v) is 4.52. The molecule has 1 fully saturated rings. The molecule has 0 atom stereocenters. The molecule has 5 nitrogen and oxygen atoms in total. The minimum Gasteiger partial charge on any atom is -0.507 e. The van der Waals surface area contributed by atoms with Crippen LogP contribution in [-0.2, 0) is 0 Å². The Morgan fingerprint density at radius 2 is 1.68 bits per heavy atom. The second-order valence-electron chi connectivity index (χ2n) is 6.19. The standard InChI is InChI=1S/C20H19N3O2/c24-16-11-5-4-10-15(16)17-18(20(25)23-12-6-7-13-23)22-19(21-17)14-8-2-1-3-9-14/h1-5,8-11,24H,6-7,12-13H2,(H,21,22). The second kappa shape index (κ2) is 6.43. The normalized spacial score (nSPS) is 14.0. The number of aromatic amines is 1. The highest BCUT2D eigenvalue weighted by Crippen LogP contribution is 2.33. The van der Waals surface area contributed by atoms with Gasteiger partial charge in [0.25, 0.3) is 5.91 Å². The summed E-state index contributed by atoms with van der Waals surface area (Å²) in [6.45, 7) is 1.53. The molecule has 126 valence electrons. The molecule has 1 aliphatic rings. The number of imidazole rings is 1. The van der Waals surface area contributed by atoms with Crippen LogP contribution in [0.5, 0.6) is 5.75 Å². The molecule has 4 rings (SSSR count). The van der Waals surface area contributed by atoms with E-state index >= 15 is 0 Å². The van der Waals surface area contributed by atoms with Gasteiger partial charge in [-0.25, -0.2) is 4.98 Å². The zero-order valence-corrected chi connectivity index (χ0v) is 13.8. The first-order valence-corrected chi connectivity index (χ1v) is 8.47. The lowest BCUT2D eigenvalue weighted by molar-refractivity contribution is 0.0788. The van der Waals surface area contributed by atoms with Crippen molar-refractivity contribution in [1.29, 1.82) is 0 Å². The Morgan fingerprint density at radius 1 is 1.00 bits per heavy atom. The van der Waals surface area contributed by atoms with Crippen molar-refractivity contribution in [2.75, 3.05) is 13.1 Å². The van der Waals surface area contributed by atoms with Crippen molar-refractivity contribution in [1.82, 2.24) is 14.9 Å². The van der Waals surface area contributed by atoms with Gasteiger partial charge in [0.2, 0.25) is 0 Å². The van der Waals surface area contributed by atoms with Crippen molar-refractivity contribution in [3.63, 3.8) is 0 Å². The number of H-pyrrole nitrogens is 1. The number of benzene rings is 2. The lowest BCUT2D eigenvalue weighted by Crippen LogP contribution is -2.28. The summed E-state index contributed by atoms with van der Waals surface area (Å²) in [4.78, 5) is 22.6. The van der Waals surface area contributed by atoms with Crippen LogP contribution in [-0.4, -0.2) is 39.0 Å². The number of hydrogen-bond acceptors (Lipinski definition) is 3. The minimum atomic E-state index is -0.0644. The lowest BCUT2D eigenvalue weighted by atomic mass is 10.1. The monoisotopic (exact) mass is 333 g/mol. The van der Waals surface area contributed by atoms with E-state index in [1.54, 1.807) is 18.2 Å². The molecule has 3 aromatic rings. The van der Waals surface area contributed by atoms with Gasteiger partial charge in [-0.1, -0.05) is 42.5 Å². The van der Waals surface area contributed by atoms with Crippen LogP contribution in [0.1, 0.15) is 23.3 Å². The number of carbonyl (C=O) groups excluding carboxylic acids is 1. The van der Waals surface area contributed by atoms with Crippen molar-refractivity contribution < 1.29 is 9.90 Å². The summed E-state index contributed by atoms with van der Waals surface area (Å²) in [6, 6.07) is 16.7. The van der Waals surface area contributed by atoms with E-state index in [-0.39, 0.29) is 11.7 Å². The number of phenols is 1. The molecule has 2 heterocycles. The molecule has 2 N–H and O–H groups in total. The summed E-state index contributed by atoms with van der Waals surface area (Å²) in [5.41, 5.74) is 2.39. The van der Waals surface area contributed by atoms with Crippen LogP contribution < -0.4 is 0 Å². The minimum absolute atomic E-state index is 0.0644. The van der Waals surface area contributed by atoms with Crippen molar-refractivity contribution >= 4 is 5.91 Å². The molecule has 1 aliphatic heterocycles. The number of aromatic nitrogens is 2. The molecule has 25 heavy (non-hydrogen) atoms. The van der Waals surface area contributed by atoms with E-state index in [4.69, 9.17) is 0 Å². The number of aromatic hydroxyl groups is 1. The third kappa shape index (κ3) is 2.89. The molecule has 0 aliphatic carbocycles. The number of hydrogen-bond donors (Lipinski definition) is 2. The topological polar surface area (TPSA) is 69.2 Å². The zero-order valence-electron chi connectivity index (χ0n) is 13.8. The van der Waals surface area contributed by atoms with Gasteiger partial charge in [-0.05, 0) is 25.0 Å². The van der Waals surface area contributed by atoms with Crippen molar-refractivity contribution in [3.8, 4) is 28.4 Å². The smallest absolute Gasteiger partial charge is 0.272 e. The highest BCUT2D eigenvalue weighted by molar-refractivity contribution is 5.99. The van der Waals surface area contributed by atoms with Crippen molar-refractivity contribution in [3.05, 3.63) is 60.3 Å². The van der Waals surface area contributed by atoms with Crippen molar-refractivity contribution in [2.45, 2.75) is 12.8 Å². The fraction of sp³-hybridized carbons (Fsp3) is 0.200. The number of amides is 1. The number of likely N-dealkylation sites (tertiary alicyclic amines) is 1. The molecule has 0 bridgehead atoms. The number of carbonyl (C=O) groups is 1. The number of phenolic OH excluding ortho intramolecular Hbond substituents is 1. The van der Waals surface area contributed by atoms with Gasteiger partial charge in [0.1, 0.15) is 23.0 Å². The van der Waals surface area contributed by atoms with Gasteiger partial charge in [-0.15, -0.1) is 0 Å². The lowest BCUT2D eigenvalue weighted by Gasteiger charge is -2.15. The van der Waals surface area contributed by atoms with Gasteiger partial charge in [0.15, 0.2) is 0 Å². The van der Waals surface area contributed by atoms with Crippen LogP contribution in [0.4, 0.5) is 0 Å². The molecule has 0 spiro atoms. The Hall–Kier alpha value is -3.08. The van der Waals surface area contributed by atoms with Gasteiger partial charge in [0.05, 0.1) is 0 Å². The van der Waals surface area contributed by atoms with E-state index in [0.717, 1.165) is 31.5 Å². The first-order chi connectivity index (χ1) is 12.2. The van der Waals surface area contributed by atoms with Crippen LogP contribution in [0.3, 0.4) is 0 Å². The predicted molar refractivity (Wildman–Crippen MR) is 96.3 cm³/mol. The summed E-state index contributed by atoms with van der Waals surface area (Å²) in [5, 5.41) is 10.2. The van der Waals surface area contributed by atoms with E-state index in [1.807, 2.05) is 41.3 Å². The third-order valence-electron chi connectivity index (χ3n) is 4.52. The largest absolute Gasteiger partial charge is 0.507 e. The molecule has 0 radical (unpaired) electrons. The van der Waals surface area contributed by atoms with Crippen LogP contribution in [0.15, 0.2) is 54.6 Å². The second-order valence-corrected chi connectivity index (χ2v) is 6.19. The Bertz CT molecular complexity index is 896. The highest BCUT2D eigenvalue weighted by Gasteiger charge is 2.26. The van der Waals surface area contributed by atoms with Gasteiger partial charge in [-0.2, -0.15) is 0 Å². The van der Waals surface area contributed by atoms with E-state index in [0.29, 0.717) is 22.8 Å². The van der Waals surface area contributed by atoms with E-state index < -0.39 is 0 Å². The zero-order chi connectivity index (χ0) is 17.2. The average molecular weight is 333 g/mol. The van der Waals surface area contributed by atoms with Crippen LogP contribution >= 0.6 is 0 Å². The summed E-state index contributed by atoms with van der Waals surface area (Å²) in [5.74, 6) is 0.677. The summed E-state index contributed by atoms with van der Waals surface area (Å²) in [7, 11) is 0. The highest BCUT2D eigenvalue weighted by atomic mass is 16.3. The molecule has 0 saturated carbocycles. The summed E-state index contributed by atoms with van der Waals surface area (Å²) >= 11 is 0. The van der Waals surface area contributed by atoms with Crippen LogP contribution in [0.2, 0.25) is 0 Å². The fourth-order valence-corrected chi connectivity index (χ4v) is 3.21. The maximum atomic E-state index is 13.0. The predicted octanol–water partition coefficient (Wildman–Crippen LogP) is 3.69. The Morgan fingerprint density at radius 3 is 2.40 bits per heavy atom. The molecule has 2 aromatic carbocycles. The summed E-state index contributed by atoms with van der Waals surface area (Å²) < 4.78 is 0. The van der Waals surface area contributed by atoms with Crippen molar-refractivity contribution in [2.24, 2.45) is 0 Å². The SMILES string of the molecule is O=C(c1[nH]c(-c2ccccc2)nc1-c1ccccc1O)N1CCCC1. The molecule has 1 amide bonds. The Labute approximate surface area is 146 Å². The van der Waals surface area contributed by atoms with Crippen LogP contribution in [0.25, 0.3) is 22.6 Å². The maximum absolute atomic E-state index is 13.0. The first-order valence-electron chi connectivity index (χ1n) is 8.47. The quantitative estimate of drug-likeness (QED) is 0.768.